The van der Waals surface area contributed by atoms with E-state index in [4.69, 9.17) is 16.3 Å². The van der Waals surface area contributed by atoms with Gasteiger partial charge in [-0.3, -0.25) is 9.59 Å². The number of aromatic nitrogens is 1. The first-order chi connectivity index (χ1) is 13.0. The van der Waals surface area contributed by atoms with Crippen molar-refractivity contribution in [1.29, 1.82) is 0 Å². The summed E-state index contributed by atoms with van der Waals surface area (Å²) in [5, 5.41) is 3.95. The molecule has 27 heavy (non-hydrogen) atoms. The lowest BCUT2D eigenvalue weighted by molar-refractivity contribution is -0.122. The Morgan fingerprint density at radius 1 is 1.33 bits per heavy atom. The third-order valence-electron chi connectivity index (χ3n) is 4.45. The fourth-order valence-corrected chi connectivity index (χ4v) is 4.27. The van der Waals surface area contributed by atoms with Crippen LogP contribution in [0.1, 0.15) is 6.42 Å². The van der Waals surface area contributed by atoms with E-state index in [1.807, 2.05) is 30.3 Å². The molecule has 0 radical (unpaired) electrons. The van der Waals surface area contributed by atoms with Gasteiger partial charge in [0.2, 0.25) is 11.8 Å². The number of hydrogen-bond acceptors (Lipinski definition) is 5. The number of thiazole rings is 1. The Morgan fingerprint density at radius 3 is 2.96 bits per heavy atom. The van der Waals surface area contributed by atoms with E-state index in [1.165, 1.54) is 11.3 Å². The Kier molecular flexibility index (Phi) is 4.72. The van der Waals surface area contributed by atoms with Crippen LogP contribution in [0.4, 0.5) is 10.8 Å². The van der Waals surface area contributed by atoms with Crippen molar-refractivity contribution in [2.24, 2.45) is 5.92 Å². The van der Waals surface area contributed by atoms with Gasteiger partial charge < -0.3 is 15.0 Å². The molecule has 6 nitrogen and oxygen atoms in total. The largest absolute Gasteiger partial charge is 0.495 e. The fourth-order valence-electron chi connectivity index (χ4n) is 3.13. The highest BCUT2D eigenvalue weighted by molar-refractivity contribution is 7.22. The number of hydrogen-bond donors (Lipinski definition) is 1. The normalized spacial score (nSPS) is 16.7. The van der Waals surface area contributed by atoms with Crippen molar-refractivity contribution in [2.45, 2.75) is 6.42 Å². The molecule has 2 aromatic carbocycles. The highest BCUT2D eigenvalue weighted by atomic mass is 35.5. The van der Waals surface area contributed by atoms with Gasteiger partial charge in [-0.2, -0.15) is 0 Å². The van der Waals surface area contributed by atoms with Crippen LogP contribution < -0.4 is 15.0 Å². The standard InChI is InChI=1S/C19H16ClN3O3S/c1-26-15-5-3-2-4-14(15)23-10-11(8-17(23)24)18(25)22-19-21-13-7-6-12(20)9-16(13)27-19/h2-7,9,11H,8,10H2,1H3,(H,21,22,25)/t11-/m0/s1. The molecule has 2 heterocycles. The maximum Gasteiger partial charge on any atom is 0.231 e. The summed E-state index contributed by atoms with van der Waals surface area (Å²) in [7, 11) is 1.56. The molecule has 1 saturated heterocycles. The molecule has 0 saturated carbocycles. The van der Waals surface area contributed by atoms with Crippen molar-refractivity contribution in [2.75, 3.05) is 23.9 Å². The summed E-state index contributed by atoms with van der Waals surface area (Å²) < 4.78 is 6.23. The highest BCUT2D eigenvalue weighted by Gasteiger charge is 2.36. The third-order valence-corrected chi connectivity index (χ3v) is 5.62. The first-order valence-electron chi connectivity index (χ1n) is 8.35. The number of methoxy groups -OCH3 is 1. The van der Waals surface area contributed by atoms with Crippen LogP contribution in [0.15, 0.2) is 42.5 Å². The number of anilines is 2. The summed E-state index contributed by atoms with van der Waals surface area (Å²) in [6, 6.07) is 12.7. The number of amides is 2. The van der Waals surface area contributed by atoms with Gasteiger partial charge in [0.1, 0.15) is 5.75 Å². The third kappa shape index (κ3) is 3.48. The second kappa shape index (κ2) is 7.17. The van der Waals surface area contributed by atoms with E-state index in [2.05, 4.69) is 10.3 Å². The summed E-state index contributed by atoms with van der Waals surface area (Å²) in [6.45, 7) is 0.307. The summed E-state index contributed by atoms with van der Waals surface area (Å²) in [5.41, 5.74) is 1.45. The summed E-state index contributed by atoms with van der Waals surface area (Å²) in [4.78, 5) is 31.1. The number of halogens is 1. The molecule has 8 heteroatoms. The van der Waals surface area contributed by atoms with Crippen molar-refractivity contribution < 1.29 is 14.3 Å². The summed E-state index contributed by atoms with van der Waals surface area (Å²) >= 11 is 7.35. The minimum absolute atomic E-state index is 0.101. The van der Waals surface area contributed by atoms with Gasteiger partial charge in [0.25, 0.3) is 0 Å². The first-order valence-corrected chi connectivity index (χ1v) is 9.55. The molecule has 3 aromatic rings. The second-order valence-electron chi connectivity index (χ2n) is 6.20. The molecule has 1 fully saturated rings. The Bertz CT molecular complexity index is 1040. The molecule has 0 aliphatic carbocycles. The molecular formula is C19H16ClN3O3S. The predicted octanol–water partition coefficient (Wildman–Crippen LogP) is 3.95. The van der Waals surface area contributed by atoms with Crippen molar-refractivity contribution in [1.82, 2.24) is 4.98 Å². The fraction of sp³-hybridized carbons (Fsp3) is 0.211. The second-order valence-corrected chi connectivity index (χ2v) is 7.66. The minimum atomic E-state index is -0.446. The molecule has 1 aliphatic heterocycles. The molecule has 138 valence electrons. The molecule has 0 unspecified atom stereocenters. The van der Waals surface area contributed by atoms with Gasteiger partial charge in [-0.25, -0.2) is 4.98 Å². The van der Waals surface area contributed by atoms with Crippen LogP contribution in [0.2, 0.25) is 5.02 Å². The SMILES string of the molecule is COc1ccccc1N1C[C@@H](C(=O)Nc2nc3ccc(Cl)cc3s2)CC1=O. The van der Waals surface area contributed by atoms with Gasteiger partial charge in [0, 0.05) is 18.0 Å². The molecular weight excluding hydrogens is 386 g/mol. The summed E-state index contributed by atoms with van der Waals surface area (Å²) in [6.07, 6.45) is 0.153. The average molecular weight is 402 g/mol. The number of para-hydroxylation sites is 2. The number of nitrogens with one attached hydrogen (secondary N) is 1. The maximum absolute atomic E-state index is 12.7. The van der Waals surface area contributed by atoms with E-state index >= 15 is 0 Å². The van der Waals surface area contributed by atoms with Gasteiger partial charge in [-0.1, -0.05) is 35.1 Å². The van der Waals surface area contributed by atoms with E-state index in [0.717, 1.165) is 10.2 Å². The maximum atomic E-state index is 12.7. The van der Waals surface area contributed by atoms with Gasteiger partial charge in [-0.05, 0) is 30.3 Å². The number of nitrogens with zero attached hydrogens (tertiary/aromatic N) is 2. The number of benzene rings is 2. The molecule has 0 spiro atoms. The van der Waals surface area contributed by atoms with Crippen LogP contribution >= 0.6 is 22.9 Å². The monoisotopic (exact) mass is 401 g/mol. The van der Waals surface area contributed by atoms with E-state index in [9.17, 15) is 9.59 Å². The van der Waals surface area contributed by atoms with Crippen molar-refractivity contribution in [3.8, 4) is 5.75 Å². The van der Waals surface area contributed by atoms with Crippen LogP contribution in [-0.2, 0) is 9.59 Å². The topological polar surface area (TPSA) is 71.5 Å². The van der Waals surface area contributed by atoms with Crippen molar-refractivity contribution in [3.63, 3.8) is 0 Å². The zero-order chi connectivity index (χ0) is 19.0. The molecule has 1 aliphatic rings. The van der Waals surface area contributed by atoms with Crippen LogP contribution in [0.3, 0.4) is 0 Å². The number of carbonyl (C=O) groups excluding carboxylic acids is 2. The zero-order valence-electron chi connectivity index (χ0n) is 14.4. The summed E-state index contributed by atoms with van der Waals surface area (Å²) in [5.74, 6) is -0.158. The van der Waals surface area contributed by atoms with E-state index < -0.39 is 5.92 Å². The number of fused-ring (bicyclic) bond motifs is 1. The van der Waals surface area contributed by atoms with Gasteiger partial charge >= 0.3 is 0 Å². The Balaban J connectivity index is 1.50. The van der Waals surface area contributed by atoms with Gasteiger partial charge in [0.15, 0.2) is 5.13 Å². The van der Waals surface area contributed by atoms with Crippen molar-refractivity contribution in [3.05, 3.63) is 47.5 Å². The van der Waals surface area contributed by atoms with Crippen LogP contribution in [0.25, 0.3) is 10.2 Å². The lowest BCUT2D eigenvalue weighted by Gasteiger charge is -2.19. The molecule has 1 N–H and O–H groups in total. The Hall–Kier alpha value is -2.64. The van der Waals surface area contributed by atoms with Crippen LogP contribution in [-0.4, -0.2) is 30.5 Å². The Morgan fingerprint density at radius 2 is 2.15 bits per heavy atom. The number of rotatable bonds is 4. The molecule has 1 atom stereocenters. The lowest BCUT2D eigenvalue weighted by Crippen LogP contribution is -2.28. The van der Waals surface area contributed by atoms with E-state index in [1.54, 1.807) is 24.1 Å². The highest BCUT2D eigenvalue weighted by Crippen LogP contribution is 2.34. The van der Waals surface area contributed by atoms with E-state index in [-0.39, 0.29) is 18.2 Å². The molecule has 1 aromatic heterocycles. The Labute approximate surface area is 164 Å². The minimum Gasteiger partial charge on any atom is -0.495 e. The molecule has 4 rings (SSSR count). The lowest BCUT2D eigenvalue weighted by atomic mass is 10.1. The quantitative estimate of drug-likeness (QED) is 0.718. The molecule has 0 bridgehead atoms. The average Bonchev–Trinajstić information content (AvgIpc) is 3.24. The molecule has 2 amide bonds. The van der Waals surface area contributed by atoms with Gasteiger partial charge in [0.05, 0.1) is 28.9 Å². The van der Waals surface area contributed by atoms with E-state index in [0.29, 0.717) is 28.1 Å². The van der Waals surface area contributed by atoms with Crippen LogP contribution in [0, 0.1) is 5.92 Å². The smallest absolute Gasteiger partial charge is 0.231 e. The number of carbonyl (C=O) groups is 2. The number of ether oxygens (including phenoxy) is 1. The van der Waals surface area contributed by atoms with Crippen molar-refractivity contribution >= 4 is 55.8 Å². The van der Waals surface area contributed by atoms with Crippen LogP contribution in [0.5, 0.6) is 5.75 Å². The van der Waals surface area contributed by atoms with Gasteiger partial charge in [-0.15, -0.1) is 0 Å². The first kappa shape index (κ1) is 17.8. The predicted molar refractivity (Wildman–Crippen MR) is 107 cm³/mol. The zero-order valence-corrected chi connectivity index (χ0v) is 16.0.